The van der Waals surface area contributed by atoms with Crippen LogP contribution in [0.15, 0.2) is 59.0 Å². The fourth-order valence-corrected chi connectivity index (χ4v) is 2.79. The zero-order valence-corrected chi connectivity index (χ0v) is 14.4. The highest BCUT2D eigenvalue weighted by atomic mass is 16.3. The number of carbonyl (C=O) groups is 1. The second-order valence-corrected chi connectivity index (χ2v) is 6.18. The number of amides is 1. The summed E-state index contributed by atoms with van der Waals surface area (Å²) in [7, 11) is 1.80. The highest BCUT2D eigenvalue weighted by Gasteiger charge is 2.20. The predicted octanol–water partition coefficient (Wildman–Crippen LogP) is 4.46. The minimum Gasteiger partial charge on any atom is -0.459 e. The summed E-state index contributed by atoms with van der Waals surface area (Å²) in [4.78, 5) is 14.2. The third-order valence-corrected chi connectivity index (χ3v) is 4.54. The lowest BCUT2D eigenvalue weighted by atomic mass is 10.1. The summed E-state index contributed by atoms with van der Waals surface area (Å²) in [6.45, 7) is 1.97. The summed E-state index contributed by atoms with van der Waals surface area (Å²) >= 11 is 0. The Labute approximate surface area is 147 Å². The topological polar surface area (TPSA) is 57.2 Å². The molecule has 1 heterocycles. The molecule has 0 spiro atoms. The third-order valence-electron chi connectivity index (χ3n) is 4.54. The van der Waals surface area contributed by atoms with E-state index in [0.29, 0.717) is 18.4 Å². The van der Waals surface area contributed by atoms with Gasteiger partial charge in [-0.05, 0) is 43.2 Å². The van der Waals surface area contributed by atoms with Crippen LogP contribution in [0.1, 0.15) is 36.3 Å². The Balaban J connectivity index is 1.63. The Kier molecular flexibility index (Phi) is 4.85. The van der Waals surface area contributed by atoms with E-state index < -0.39 is 0 Å². The van der Waals surface area contributed by atoms with Crippen molar-refractivity contribution >= 4 is 16.9 Å². The molecule has 0 aliphatic heterocycles. The van der Waals surface area contributed by atoms with Gasteiger partial charge in [0, 0.05) is 18.9 Å². The largest absolute Gasteiger partial charge is 0.459 e. The molecule has 0 fully saturated rings. The zero-order chi connectivity index (χ0) is 17.8. The highest BCUT2D eigenvalue weighted by Crippen LogP contribution is 2.27. The van der Waals surface area contributed by atoms with Gasteiger partial charge in [-0.1, -0.05) is 30.3 Å². The van der Waals surface area contributed by atoms with Crippen molar-refractivity contribution in [1.82, 2.24) is 4.90 Å². The number of hydrogen-bond acceptors (Lipinski definition) is 3. The van der Waals surface area contributed by atoms with Crippen molar-refractivity contribution in [2.24, 2.45) is 0 Å². The molecule has 2 aromatic carbocycles. The SMILES string of the molecule is CC(c1cc2ccccc2o1)N(C)C(=O)CCc1ccc(C#N)cc1. The molecule has 126 valence electrons. The van der Waals surface area contributed by atoms with Crippen molar-refractivity contribution in [3.8, 4) is 6.07 Å². The molecule has 1 aromatic heterocycles. The molecule has 3 aromatic rings. The average Bonchev–Trinajstić information content (AvgIpc) is 3.09. The molecule has 0 aliphatic carbocycles. The van der Waals surface area contributed by atoms with Gasteiger partial charge in [-0.2, -0.15) is 5.26 Å². The number of hydrogen-bond donors (Lipinski definition) is 0. The molecular weight excluding hydrogens is 312 g/mol. The van der Waals surface area contributed by atoms with E-state index >= 15 is 0 Å². The van der Waals surface area contributed by atoms with Crippen LogP contribution in [0.5, 0.6) is 0 Å². The molecule has 25 heavy (non-hydrogen) atoms. The van der Waals surface area contributed by atoms with Crippen LogP contribution in [0.2, 0.25) is 0 Å². The van der Waals surface area contributed by atoms with E-state index in [1.807, 2.05) is 49.4 Å². The predicted molar refractivity (Wildman–Crippen MR) is 96.9 cm³/mol. The summed E-state index contributed by atoms with van der Waals surface area (Å²) in [6, 6.07) is 19.2. The van der Waals surface area contributed by atoms with Crippen molar-refractivity contribution in [3.63, 3.8) is 0 Å². The monoisotopic (exact) mass is 332 g/mol. The van der Waals surface area contributed by atoms with Crippen LogP contribution in [0.25, 0.3) is 11.0 Å². The van der Waals surface area contributed by atoms with Crippen molar-refractivity contribution in [1.29, 1.82) is 5.26 Å². The number of nitriles is 1. The van der Waals surface area contributed by atoms with Gasteiger partial charge in [-0.15, -0.1) is 0 Å². The first kappa shape index (κ1) is 16.8. The van der Waals surface area contributed by atoms with Crippen LogP contribution in [-0.4, -0.2) is 17.9 Å². The van der Waals surface area contributed by atoms with E-state index in [9.17, 15) is 4.79 Å². The molecule has 4 nitrogen and oxygen atoms in total. The number of furan rings is 1. The van der Waals surface area contributed by atoms with Gasteiger partial charge in [0.2, 0.25) is 5.91 Å². The van der Waals surface area contributed by atoms with E-state index in [1.54, 1.807) is 24.1 Å². The Morgan fingerprint density at radius 2 is 1.92 bits per heavy atom. The number of rotatable bonds is 5. The average molecular weight is 332 g/mol. The maximum Gasteiger partial charge on any atom is 0.223 e. The van der Waals surface area contributed by atoms with E-state index in [4.69, 9.17) is 9.68 Å². The maximum atomic E-state index is 12.5. The Morgan fingerprint density at radius 3 is 2.60 bits per heavy atom. The molecule has 1 unspecified atom stereocenters. The normalized spacial score (nSPS) is 11.9. The number of para-hydroxylation sites is 1. The van der Waals surface area contributed by atoms with Crippen molar-refractivity contribution in [3.05, 3.63) is 71.5 Å². The highest BCUT2D eigenvalue weighted by molar-refractivity contribution is 5.79. The molecule has 0 aliphatic rings. The molecule has 3 rings (SSSR count). The lowest BCUT2D eigenvalue weighted by Gasteiger charge is -2.23. The molecule has 4 heteroatoms. The number of carbonyl (C=O) groups excluding carboxylic acids is 1. The van der Waals surface area contributed by atoms with Crippen molar-refractivity contribution in [2.45, 2.75) is 25.8 Å². The zero-order valence-electron chi connectivity index (χ0n) is 14.4. The first-order valence-electron chi connectivity index (χ1n) is 8.31. The molecule has 0 bridgehead atoms. The number of nitrogens with zero attached hydrogens (tertiary/aromatic N) is 2. The Morgan fingerprint density at radius 1 is 1.20 bits per heavy atom. The Hall–Kier alpha value is -3.06. The smallest absolute Gasteiger partial charge is 0.223 e. The van der Waals surface area contributed by atoms with Gasteiger partial charge in [0.05, 0.1) is 17.7 Å². The summed E-state index contributed by atoms with van der Waals surface area (Å²) < 4.78 is 5.86. The fourth-order valence-electron chi connectivity index (χ4n) is 2.79. The fraction of sp³-hybridized carbons (Fsp3) is 0.238. The number of benzene rings is 2. The Bertz CT molecular complexity index is 886. The molecule has 0 saturated carbocycles. The van der Waals surface area contributed by atoms with Gasteiger partial charge >= 0.3 is 0 Å². The molecule has 1 atom stereocenters. The molecule has 0 saturated heterocycles. The van der Waals surface area contributed by atoms with Gasteiger partial charge in [-0.3, -0.25) is 4.79 Å². The summed E-state index contributed by atoms with van der Waals surface area (Å²) in [5.74, 6) is 0.854. The molecule has 0 radical (unpaired) electrons. The van der Waals surface area contributed by atoms with E-state index in [0.717, 1.165) is 22.3 Å². The van der Waals surface area contributed by atoms with Crippen LogP contribution in [-0.2, 0) is 11.2 Å². The molecular formula is C21H20N2O2. The van der Waals surface area contributed by atoms with E-state index in [1.165, 1.54) is 0 Å². The second-order valence-electron chi connectivity index (χ2n) is 6.18. The minimum absolute atomic E-state index is 0.0670. The van der Waals surface area contributed by atoms with Gasteiger partial charge in [-0.25, -0.2) is 0 Å². The summed E-state index contributed by atoms with van der Waals surface area (Å²) in [5, 5.41) is 9.87. The van der Waals surface area contributed by atoms with Crippen LogP contribution in [0, 0.1) is 11.3 Å². The van der Waals surface area contributed by atoms with Crippen LogP contribution < -0.4 is 0 Å². The lowest BCUT2D eigenvalue weighted by Crippen LogP contribution is -2.29. The lowest BCUT2D eigenvalue weighted by molar-refractivity contribution is -0.132. The van der Waals surface area contributed by atoms with Gasteiger partial charge in [0.15, 0.2) is 0 Å². The van der Waals surface area contributed by atoms with Crippen LogP contribution in [0.4, 0.5) is 0 Å². The van der Waals surface area contributed by atoms with Gasteiger partial charge in [0.1, 0.15) is 11.3 Å². The second kappa shape index (κ2) is 7.23. The van der Waals surface area contributed by atoms with Crippen LogP contribution in [0.3, 0.4) is 0 Å². The molecule has 0 N–H and O–H groups in total. The standard InChI is InChI=1S/C21H20N2O2/c1-15(20-13-18-5-3-4-6-19(18)25-20)23(2)21(24)12-11-16-7-9-17(14-22)10-8-16/h3-10,13,15H,11-12H2,1-2H3. The minimum atomic E-state index is -0.124. The van der Waals surface area contributed by atoms with E-state index in [2.05, 4.69) is 6.07 Å². The van der Waals surface area contributed by atoms with Crippen molar-refractivity contribution < 1.29 is 9.21 Å². The maximum absolute atomic E-state index is 12.5. The summed E-state index contributed by atoms with van der Waals surface area (Å²) in [5.41, 5.74) is 2.52. The third kappa shape index (κ3) is 3.72. The number of aryl methyl sites for hydroxylation is 1. The van der Waals surface area contributed by atoms with Gasteiger partial charge < -0.3 is 9.32 Å². The van der Waals surface area contributed by atoms with Crippen LogP contribution >= 0.6 is 0 Å². The number of fused-ring (bicyclic) bond motifs is 1. The van der Waals surface area contributed by atoms with E-state index in [-0.39, 0.29) is 11.9 Å². The van der Waals surface area contributed by atoms with Gasteiger partial charge in [0.25, 0.3) is 0 Å². The first-order chi connectivity index (χ1) is 12.1. The van der Waals surface area contributed by atoms with Crippen molar-refractivity contribution in [2.75, 3.05) is 7.05 Å². The molecule has 1 amide bonds. The first-order valence-corrected chi connectivity index (χ1v) is 8.31. The summed E-state index contributed by atoms with van der Waals surface area (Å²) in [6.07, 6.45) is 1.08. The quantitative estimate of drug-likeness (QED) is 0.693.